The van der Waals surface area contributed by atoms with Gasteiger partial charge >= 0.3 is 0 Å². The first-order valence-corrected chi connectivity index (χ1v) is 3.99. The van der Waals surface area contributed by atoms with Gasteiger partial charge in [-0.2, -0.15) is 0 Å². The van der Waals surface area contributed by atoms with E-state index in [1.165, 1.54) is 0 Å². The van der Waals surface area contributed by atoms with Crippen molar-refractivity contribution in [3.63, 3.8) is 0 Å². The molecular weight excluding hydrogens is 176 g/mol. The van der Waals surface area contributed by atoms with Crippen molar-refractivity contribution in [2.45, 2.75) is 6.42 Å². The van der Waals surface area contributed by atoms with Crippen LogP contribution in [0, 0.1) is 0 Å². The number of aldehydes is 1. The maximum Gasteiger partial charge on any atom is 0.150 e. The van der Waals surface area contributed by atoms with Crippen molar-refractivity contribution < 1.29 is 9.90 Å². The Hall–Kier alpha value is -0.860. The minimum atomic E-state index is 0.0681. The second kappa shape index (κ2) is 4.24. The Morgan fingerprint density at radius 1 is 1.42 bits per heavy atom. The maximum atomic E-state index is 10.4. The zero-order valence-electron chi connectivity index (χ0n) is 6.46. The number of carbonyl (C=O) groups is 1. The Morgan fingerprint density at radius 3 is 2.75 bits per heavy atom. The molecule has 1 aromatic carbocycles. The van der Waals surface area contributed by atoms with Gasteiger partial charge in [0.1, 0.15) is 6.29 Å². The summed E-state index contributed by atoms with van der Waals surface area (Å²) >= 11 is 5.72. The molecule has 0 aliphatic heterocycles. The Balaban J connectivity index is 2.97. The van der Waals surface area contributed by atoms with Gasteiger partial charge in [-0.15, -0.1) is 0 Å². The molecule has 1 rings (SSSR count). The van der Waals surface area contributed by atoms with Gasteiger partial charge in [0, 0.05) is 17.2 Å². The number of carbonyl (C=O) groups excluding carboxylic acids is 1. The van der Waals surface area contributed by atoms with Crippen LogP contribution >= 0.6 is 11.6 Å². The lowest BCUT2D eigenvalue weighted by Gasteiger charge is -2.00. The van der Waals surface area contributed by atoms with Gasteiger partial charge in [0.05, 0.1) is 0 Å². The Labute approximate surface area is 75.8 Å². The maximum absolute atomic E-state index is 10.4. The molecule has 0 unspecified atom stereocenters. The number of hydrogen-bond acceptors (Lipinski definition) is 2. The zero-order valence-corrected chi connectivity index (χ0v) is 7.21. The number of rotatable bonds is 3. The molecule has 0 radical (unpaired) electrons. The first-order valence-electron chi connectivity index (χ1n) is 3.62. The Bertz CT molecular complexity index is 284. The van der Waals surface area contributed by atoms with Crippen molar-refractivity contribution in [1.29, 1.82) is 0 Å². The van der Waals surface area contributed by atoms with Gasteiger partial charge in [-0.1, -0.05) is 11.6 Å². The van der Waals surface area contributed by atoms with Crippen LogP contribution < -0.4 is 0 Å². The van der Waals surface area contributed by atoms with Crippen LogP contribution in [0.25, 0.3) is 0 Å². The lowest BCUT2D eigenvalue weighted by Crippen LogP contribution is -1.92. The van der Waals surface area contributed by atoms with Crippen LogP contribution in [0.5, 0.6) is 0 Å². The predicted octanol–water partition coefficient (Wildman–Crippen LogP) is 1.69. The van der Waals surface area contributed by atoms with Crippen LogP contribution in [-0.4, -0.2) is 18.0 Å². The largest absolute Gasteiger partial charge is 0.396 e. The molecule has 0 saturated heterocycles. The van der Waals surface area contributed by atoms with Crippen LogP contribution in [-0.2, 0) is 6.42 Å². The molecule has 12 heavy (non-hydrogen) atoms. The second-order valence-electron chi connectivity index (χ2n) is 2.48. The quantitative estimate of drug-likeness (QED) is 0.726. The summed E-state index contributed by atoms with van der Waals surface area (Å²) in [5.74, 6) is 0. The lowest BCUT2D eigenvalue weighted by atomic mass is 10.1. The van der Waals surface area contributed by atoms with E-state index >= 15 is 0 Å². The monoisotopic (exact) mass is 184 g/mol. The molecule has 2 nitrogen and oxygen atoms in total. The summed E-state index contributed by atoms with van der Waals surface area (Å²) in [5, 5.41) is 9.17. The molecule has 0 fully saturated rings. The third-order valence-electron chi connectivity index (χ3n) is 1.52. The summed E-state index contributed by atoms with van der Waals surface area (Å²) in [6, 6.07) is 5.05. The molecule has 0 aliphatic carbocycles. The van der Waals surface area contributed by atoms with E-state index in [1.54, 1.807) is 18.2 Å². The molecule has 0 saturated carbocycles. The average Bonchev–Trinajstić information content (AvgIpc) is 2.04. The average molecular weight is 185 g/mol. The van der Waals surface area contributed by atoms with Gasteiger partial charge in [-0.25, -0.2) is 0 Å². The molecule has 0 amide bonds. The summed E-state index contributed by atoms with van der Waals surface area (Å²) in [7, 11) is 0. The summed E-state index contributed by atoms with van der Waals surface area (Å²) < 4.78 is 0. The minimum absolute atomic E-state index is 0.0681. The number of hydrogen-bond donors (Lipinski definition) is 1. The second-order valence-corrected chi connectivity index (χ2v) is 2.92. The normalized spacial score (nSPS) is 9.83. The van der Waals surface area contributed by atoms with Gasteiger partial charge in [0.2, 0.25) is 0 Å². The van der Waals surface area contributed by atoms with Crippen molar-refractivity contribution in [1.82, 2.24) is 0 Å². The molecule has 64 valence electrons. The van der Waals surface area contributed by atoms with Crippen LogP contribution in [0.2, 0.25) is 5.02 Å². The third kappa shape index (κ3) is 2.32. The van der Waals surface area contributed by atoms with Crippen molar-refractivity contribution in [2.75, 3.05) is 6.61 Å². The molecule has 0 aromatic heterocycles. The van der Waals surface area contributed by atoms with Crippen LogP contribution in [0.3, 0.4) is 0 Å². The molecule has 0 atom stereocenters. The summed E-state index contributed by atoms with van der Waals surface area (Å²) in [6.45, 7) is 0.0681. The predicted molar refractivity (Wildman–Crippen MR) is 47.6 cm³/mol. The van der Waals surface area contributed by atoms with Gasteiger partial charge in [0.15, 0.2) is 0 Å². The van der Waals surface area contributed by atoms with E-state index in [-0.39, 0.29) is 6.61 Å². The highest BCUT2D eigenvalue weighted by Crippen LogP contribution is 2.14. The van der Waals surface area contributed by atoms with Crippen LogP contribution in [0.4, 0.5) is 0 Å². The van der Waals surface area contributed by atoms with E-state index in [9.17, 15) is 4.79 Å². The Kier molecular flexibility index (Phi) is 3.26. The molecule has 0 spiro atoms. The number of aliphatic hydroxyl groups excluding tert-OH is 1. The molecule has 1 aromatic rings. The highest BCUT2D eigenvalue weighted by molar-refractivity contribution is 6.30. The van der Waals surface area contributed by atoms with E-state index < -0.39 is 0 Å². The first-order chi connectivity index (χ1) is 5.76. The highest BCUT2D eigenvalue weighted by Gasteiger charge is 1.97. The van der Waals surface area contributed by atoms with Crippen molar-refractivity contribution in [3.8, 4) is 0 Å². The van der Waals surface area contributed by atoms with E-state index in [0.29, 0.717) is 17.0 Å². The molecular formula is C9H9ClO2. The number of benzene rings is 1. The molecule has 3 heteroatoms. The number of aliphatic hydroxyl groups is 1. The lowest BCUT2D eigenvalue weighted by molar-refractivity contribution is 0.112. The fourth-order valence-corrected chi connectivity index (χ4v) is 1.28. The minimum Gasteiger partial charge on any atom is -0.396 e. The van der Waals surface area contributed by atoms with Gasteiger partial charge in [0.25, 0.3) is 0 Å². The first kappa shape index (κ1) is 9.23. The standard InChI is InChI=1S/C9H9ClO2/c10-9-4-7(1-2-11)3-8(5-9)6-12/h3-6,11H,1-2H2. The van der Waals surface area contributed by atoms with E-state index in [1.807, 2.05) is 0 Å². The van der Waals surface area contributed by atoms with E-state index in [0.717, 1.165) is 11.8 Å². The van der Waals surface area contributed by atoms with Crippen LogP contribution in [0.15, 0.2) is 18.2 Å². The van der Waals surface area contributed by atoms with Crippen molar-refractivity contribution in [3.05, 3.63) is 34.3 Å². The number of halogens is 1. The fourth-order valence-electron chi connectivity index (χ4n) is 1.02. The van der Waals surface area contributed by atoms with Crippen LogP contribution in [0.1, 0.15) is 15.9 Å². The van der Waals surface area contributed by atoms with E-state index in [2.05, 4.69) is 0 Å². The summed E-state index contributed by atoms with van der Waals surface area (Å²) in [4.78, 5) is 10.4. The van der Waals surface area contributed by atoms with Gasteiger partial charge in [-0.3, -0.25) is 4.79 Å². The van der Waals surface area contributed by atoms with Gasteiger partial charge < -0.3 is 5.11 Å². The zero-order chi connectivity index (χ0) is 8.97. The van der Waals surface area contributed by atoms with Crippen molar-refractivity contribution >= 4 is 17.9 Å². The van der Waals surface area contributed by atoms with E-state index in [4.69, 9.17) is 16.7 Å². The molecule has 0 heterocycles. The summed E-state index contributed by atoms with van der Waals surface area (Å²) in [5.41, 5.74) is 1.43. The SMILES string of the molecule is O=Cc1cc(Cl)cc(CCO)c1. The Morgan fingerprint density at radius 2 is 2.17 bits per heavy atom. The molecule has 1 N–H and O–H groups in total. The fraction of sp³-hybridized carbons (Fsp3) is 0.222. The molecule has 0 bridgehead atoms. The topological polar surface area (TPSA) is 37.3 Å². The molecule has 0 aliphatic rings. The van der Waals surface area contributed by atoms with Gasteiger partial charge in [-0.05, 0) is 30.2 Å². The highest BCUT2D eigenvalue weighted by atomic mass is 35.5. The smallest absolute Gasteiger partial charge is 0.150 e. The van der Waals surface area contributed by atoms with Crippen molar-refractivity contribution in [2.24, 2.45) is 0 Å². The third-order valence-corrected chi connectivity index (χ3v) is 1.73. The summed E-state index contributed by atoms with van der Waals surface area (Å²) in [6.07, 6.45) is 1.27.